The Balaban J connectivity index is 1.50. The number of aromatic hydroxyl groups is 1. The number of hydrogen-bond donors (Lipinski definition) is 2. The lowest BCUT2D eigenvalue weighted by molar-refractivity contribution is -0.136. The van der Waals surface area contributed by atoms with Gasteiger partial charge in [0.15, 0.2) is 0 Å². The third-order valence-electron chi connectivity index (χ3n) is 5.89. The van der Waals surface area contributed by atoms with Gasteiger partial charge in [0, 0.05) is 36.7 Å². The number of carbonyl (C=O) groups is 3. The van der Waals surface area contributed by atoms with Crippen LogP contribution in [0.25, 0.3) is 22.4 Å². The molecule has 156 valence electrons. The van der Waals surface area contributed by atoms with Crippen LogP contribution in [0.1, 0.15) is 28.8 Å². The van der Waals surface area contributed by atoms with E-state index in [0.717, 1.165) is 27.9 Å². The number of amides is 3. The summed E-state index contributed by atoms with van der Waals surface area (Å²) in [7, 11) is 1.84. The van der Waals surface area contributed by atoms with Crippen molar-refractivity contribution in [2.24, 2.45) is 7.05 Å². The number of nitrogens with zero attached hydrogens (tertiary/aromatic N) is 3. The van der Waals surface area contributed by atoms with Gasteiger partial charge < -0.3 is 10.0 Å². The summed E-state index contributed by atoms with van der Waals surface area (Å²) in [5.41, 5.74) is 4.85. The number of carbonyl (C=O) groups excluding carboxylic acids is 3. The molecule has 31 heavy (non-hydrogen) atoms. The van der Waals surface area contributed by atoms with Crippen LogP contribution < -0.4 is 5.32 Å². The van der Waals surface area contributed by atoms with Crippen molar-refractivity contribution in [3.8, 4) is 28.1 Å². The highest BCUT2D eigenvalue weighted by Gasteiger charge is 2.39. The molecule has 2 aliphatic heterocycles. The fourth-order valence-electron chi connectivity index (χ4n) is 4.39. The number of fused-ring (bicyclic) bond motifs is 1. The summed E-state index contributed by atoms with van der Waals surface area (Å²) < 4.78 is 1.75. The lowest BCUT2D eigenvalue weighted by Gasteiger charge is -2.29. The summed E-state index contributed by atoms with van der Waals surface area (Å²) in [6, 6.07) is 11.9. The molecule has 1 aromatic heterocycles. The van der Waals surface area contributed by atoms with Gasteiger partial charge in [0.05, 0.1) is 11.9 Å². The number of phenolic OH excluding ortho intramolecular Hbond substituents is 1. The van der Waals surface area contributed by atoms with Gasteiger partial charge in [-0.2, -0.15) is 5.10 Å². The average Bonchev–Trinajstić information content (AvgIpc) is 3.28. The first kappa shape index (κ1) is 19.0. The van der Waals surface area contributed by atoms with Gasteiger partial charge in [0.25, 0.3) is 5.91 Å². The molecule has 8 heteroatoms. The fourth-order valence-corrected chi connectivity index (χ4v) is 4.39. The van der Waals surface area contributed by atoms with E-state index in [9.17, 15) is 19.5 Å². The highest BCUT2D eigenvalue weighted by molar-refractivity contribution is 6.05. The topological polar surface area (TPSA) is 105 Å². The van der Waals surface area contributed by atoms with Crippen LogP contribution in [0.3, 0.4) is 0 Å². The molecule has 2 aliphatic rings. The zero-order chi connectivity index (χ0) is 21.7. The molecule has 3 aromatic rings. The van der Waals surface area contributed by atoms with Gasteiger partial charge in [0.1, 0.15) is 11.8 Å². The van der Waals surface area contributed by atoms with Crippen LogP contribution >= 0.6 is 0 Å². The van der Waals surface area contributed by atoms with E-state index < -0.39 is 11.9 Å². The Morgan fingerprint density at radius 1 is 1.06 bits per heavy atom. The third-order valence-corrected chi connectivity index (χ3v) is 5.89. The van der Waals surface area contributed by atoms with E-state index in [-0.39, 0.29) is 24.0 Å². The maximum Gasteiger partial charge on any atom is 0.255 e. The van der Waals surface area contributed by atoms with Crippen LogP contribution in [0.15, 0.2) is 48.7 Å². The molecular formula is C23H20N4O4. The summed E-state index contributed by atoms with van der Waals surface area (Å²) in [4.78, 5) is 38.2. The summed E-state index contributed by atoms with van der Waals surface area (Å²) in [6.07, 6.45) is 2.32. The van der Waals surface area contributed by atoms with Gasteiger partial charge >= 0.3 is 0 Å². The molecule has 2 N–H and O–H groups in total. The first-order valence-electron chi connectivity index (χ1n) is 10.0. The summed E-state index contributed by atoms with van der Waals surface area (Å²) >= 11 is 0. The van der Waals surface area contributed by atoms with Crippen LogP contribution in [-0.2, 0) is 23.2 Å². The molecule has 5 rings (SSSR count). The van der Waals surface area contributed by atoms with Crippen LogP contribution in [0.5, 0.6) is 5.75 Å². The van der Waals surface area contributed by atoms with Crippen molar-refractivity contribution in [3.63, 3.8) is 0 Å². The fraction of sp³-hybridized carbons (Fsp3) is 0.217. The van der Waals surface area contributed by atoms with E-state index in [4.69, 9.17) is 0 Å². The Kier molecular flexibility index (Phi) is 4.35. The smallest absolute Gasteiger partial charge is 0.255 e. The monoisotopic (exact) mass is 416 g/mol. The second kappa shape index (κ2) is 7.09. The second-order valence-electron chi connectivity index (χ2n) is 7.85. The zero-order valence-corrected chi connectivity index (χ0v) is 16.8. The Morgan fingerprint density at radius 3 is 2.68 bits per heavy atom. The second-order valence-corrected chi connectivity index (χ2v) is 7.85. The predicted octanol–water partition coefficient (Wildman–Crippen LogP) is 2.22. The normalized spacial score (nSPS) is 18.3. The van der Waals surface area contributed by atoms with Gasteiger partial charge in [-0.3, -0.25) is 24.4 Å². The van der Waals surface area contributed by atoms with E-state index in [2.05, 4.69) is 10.4 Å². The van der Waals surface area contributed by atoms with E-state index >= 15 is 0 Å². The predicted molar refractivity (Wildman–Crippen MR) is 112 cm³/mol. The number of phenols is 1. The molecule has 0 aliphatic carbocycles. The summed E-state index contributed by atoms with van der Waals surface area (Å²) in [5.74, 6) is -0.751. The number of benzene rings is 2. The zero-order valence-electron chi connectivity index (χ0n) is 16.8. The SMILES string of the molecule is Cn1ncc(-c2ccc3c(c2)CN(C2CCC(=O)NC2=O)C3=O)c1-c1cccc(O)c1. The van der Waals surface area contributed by atoms with Crippen molar-refractivity contribution in [2.75, 3.05) is 0 Å². The van der Waals surface area contributed by atoms with Crippen LogP contribution in [0, 0.1) is 0 Å². The Hall–Kier alpha value is -3.94. The molecule has 8 nitrogen and oxygen atoms in total. The summed E-state index contributed by atoms with van der Waals surface area (Å²) in [5, 5.41) is 16.6. The number of piperidine rings is 1. The lowest BCUT2D eigenvalue weighted by Crippen LogP contribution is -2.52. The molecule has 0 radical (unpaired) electrons. The minimum absolute atomic E-state index is 0.170. The van der Waals surface area contributed by atoms with Crippen LogP contribution in [-0.4, -0.2) is 43.6 Å². The Bertz CT molecular complexity index is 1250. The highest BCUT2D eigenvalue weighted by atomic mass is 16.3. The van der Waals surface area contributed by atoms with Crippen molar-refractivity contribution in [1.29, 1.82) is 0 Å². The standard InChI is InChI=1S/C23H20N4O4/c1-26-21(14-3-2-4-16(28)10-14)18(11-24-26)13-5-6-17-15(9-13)12-27(23(17)31)19-7-8-20(29)25-22(19)30/h2-6,9-11,19,28H,7-8,12H2,1H3,(H,25,29,30). The maximum atomic E-state index is 12.9. The van der Waals surface area contributed by atoms with E-state index in [1.54, 1.807) is 35.1 Å². The first-order chi connectivity index (χ1) is 14.9. The molecule has 1 atom stereocenters. The number of aryl methyl sites for hydroxylation is 1. The molecular weight excluding hydrogens is 396 g/mol. The van der Waals surface area contributed by atoms with E-state index in [1.165, 1.54) is 4.90 Å². The van der Waals surface area contributed by atoms with Crippen LogP contribution in [0.2, 0.25) is 0 Å². The summed E-state index contributed by atoms with van der Waals surface area (Å²) in [6.45, 7) is 0.315. The molecule has 1 fully saturated rings. The number of nitrogens with one attached hydrogen (secondary N) is 1. The van der Waals surface area contributed by atoms with Crippen molar-refractivity contribution >= 4 is 17.7 Å². The van der Waals surface area contributed by atoms with Gasteiger partial charge in [-0.15, -0.1) is 0 Å². The van der Waals surface area contributed by atoms with E-state index in [0.29, 0.717) is 18.5 Å². The number of hydrogen-bond acceptors (Lipinski definition) is 5. The van der Waals surface area contributed by atoms with Gasteiger partial charge in [-0.05, 0) is 41.8 Å². The van der Waals surface area contributed by atoms with Crippen LogP contribution in [0.4, 0.5) is 0 Å². The molecule has 0 saturated carbocycles. The van der Waals surface area contributed by atoms with Gasteiger partial charge in [-0.1, -0.05) is 18.2 Å². The number of aromatic nitrogens is 2. The Labute approximate surface area is 178 Å². The highest BCUT2D eigenvalue weighted by Crippen LogP contribution is 2.36. The average molecular weight is 416 g/mol. The van der Waals surface area contributed by atoms with Crippen molar-refractivity contribution in [3.05, 3.63) is 59.8 Å². The van der Waals surface area contributed by atoms with Gasteiger partial charge in [-0.25, -0.2) is 0 Å². The molecule has 3 heterocycles. The van der Waals surface area contributed by atoms with Crippen molar-refractivity contribution in [1.82, 2.24) is 20.0 Å². The van der Waals surface area contributed by atoms with Gasteiger partial charge in [0.2, 0.25) is 11.8 Å². The van der Waals surface area contributed by atoms with Crippen molar-refractivity contribution in [2.45, 2.75) is 25.4 Å². The largest absolute Gasteiger partial charge is 0.508 e. The minimum atomic E-state index is -0.637. The molecule has 2 aromatic carbocycles. The molecule has 0 bridgehead atoms. The lowest BCUT2D eigenvalue weighted by atomic mass is 9.98. The molecule has 1 unspecified atom stereocenters. The quantitative estimate of drug-likeness (QED) is 0.637. The van der Waals surface area contributed by atoms with E-state index in [1.807, 2.05) is 25.2 Å². The molecule has 0 spiro atoms. The number of rotatable bonds is 3. The Morgan fingerprint density at radius 2 is 1.90 bits per heavy atom. The first-order valence-corrected chi connectivity index (χ1v) is 10.0. The third kappa shape index (κ3) is 3.16. The minimum Gasteiger partial charge on any atom is -0.508 e. The van der Waals surface area contributed by atoms with Crippen molar-refractivity contribution < 1.29 is 19.5 Å². The maximum absolute atomic E-state index is 12.9. The molecule has 3 amide bonds. The number of imide groups is 1. The molecule has 1 saturated heterocycles.